The van der Waals surface area contributed by atoms with Crippen LogP contribution in [-0.4, -0.2) is 35.2 Å². The van der Waals surface area contributed by atoms with E-state index in [1.807, 2.05) is 63.2 Å². The van der Waals surface area contributed by atoms with Gasteiger partial charge in [-0.1, -0.05) is 42.5 Å². The zero-order valence-corrected chi connectivity index (χ0v) is 17.5. The molecule has 0 radical (unpaired) electrons. The molecule has 6 heteroatoms. The first kappa shape index (κ1) is 20.0. The lowest BCUT2D eigenvalue weighted by Gasteiger charge is -2.24. The number of hydrogen-bond donors (Lipinski definition) is 3. The number of nitrogens with one attached hydrogen (secondary N) is 3. The third-order valence-corrected chi connectivity index (χ3v) is 5.34. The number of benzene rings is 2. The Morgan fingerprint density at radius 3 is 2.60 bits per heavy atom. The van der Waals surface area contributed by atoms with E-state index < -0.39 is 11.7 Å². The molecule has 0 unspecified atom stereocenters. The summed E-state index contributed by atoms with van der Waals surface area (Å²) in [5.74, 6) is -0.173. The van der Waals surface area contributed by atoms with Crippen LogP contribution < -0.4 is 10.6 Å². The Hall–Kier alpha value is -3.28. The maximum absolute atomic E-state index is 12.9. The molecule has 0 spiro atoms. The van der Waals surface area contributed by atoms with Gasteiger partial charge in [-0.3, -0.25) is 4.79 Å². The molecule has 6 nitrogen and oxygen atoms in total. The summed E-state index contributed by atoms with van der Waals surface area (Å²) in [4.78, 5) is 28.3. The van der Waals surface area contributed by atoms with Gasteiger partial charge in [-0.25, -0.2) is 4.79 Å². The Morgan fingerprint density at radius 2 is 1.83 bits per heavy atom. The number of amides is 2. The van der Waals surface area contributed by atoms with Crippen molar-refractivity contribution < 1.29 is 14.3 Å². The summed E-state index contributed by atoms with van der Waals surface area (Å²) in [6.45, 7) is 5.89. The standard InChI is InChI=1S/C24H27N3O3/c1-24(2,3)30-23(29)25-14-18-17-10-6-4-8-15(17)12-20(18)27-22(28)21-13-16-9-5-7-11-19(16)26-21/h4-11,13,18,20,26H,12,14H2,1-3H3,(H,25,29)(H,27,28)/t18-,20+/m0/s1. The van der Waals surface area contributed by atoms with Crippen LogP contribution in [0.4, 0.5) is 4.79 Å². The van der Waals surface area contributed by atoms with E-state index in [9.17, 15) is 9.59 Å². The van der Waals surface area contributed by atoms with Gasteiger partial charge >= 0.3 is 6.09 Å². The third kappa shape index (κ3) is 4.32. The minimum absolute atomic E-state index is 0.0259. The van der Waals surface area contributed by atoms with Crippen molar-refractivity contribution in [3.05, 3.63) is 71.4 Å². The van der Waals surface area contributed by atoms with Crippen molar-refractivity contribution in [2.75, 3.05) is 6.54 Å². The Kier molecular flexibility index (Phi) is 5.24. The zero-order chi connectivity index (χ0) is 21.3. The highest BCUT2D eigenvalue weighted by atomic mass is 16.6. The molecule has 2 atom stereocenters. The summed E-state index contributed by atoms with van der Waals surface area (Å²) in [6, 6.07) is 17.7. The second-order valence-electron chi connectivity index (χ2n) is 8.74. The number of alkyl carbamates (subject to hydrolysis) is 1. The van der Waals surface area contributed by atoms with Crippen molar-refractivity contribution in [3.63, 3.8) is 0 Å². The summed E-state index contributed by atoms with van der Waals surface area (Å²) < 4.78 is 5.36. The van der Waals surface area contributed by atoms with E-state index in [4.69, 9.17) is 4.74 Å². The van der Waals surface area contributed by atoms with Crippen LogP contribution in [0.15, 0.2) is 54.6 Å². The largest absolute Gasteiger partial charge is 0.444 e. The van der Waals surface area contributed by atoms with Crippen LogP contribution in [0.5, 0.6) is 0 Å². The normalized spacial score (nSPS) is 18.1. The molecule has 0 saturated carbocycles. The Bertz CT molecular complexity index is 1050. The molecule has 1 aliphatic carbocycles. The quantitative estimate of drug-likeness (QED) is 0.610. The number of ether oxygens (including phenoxy) is 1. The molecule has 3 N–H and O–H groups in total. The lowest BCUT2D eigenvalue weighted by Crippen LogP contribution is -2.43. The fourth-order valence-corrected chi connectivity index (χ4v) is 4.03. The lowest BCUT2D eigenvalue weighted by atomic mass is 9.98. The van der Waals surface area contributed by atoms with Crippen molar-refractivity contribution in [1.82, 2.24) is 15.6 Å². The van der Waals surface area contributed by atoms with E-state index in [1.165, 1.54) is 5.56 Å². The summed E-state index contributed by atoms with van der Waals surface area (Å²) in [7, 11) is 0. The summed E-state index contributed by atoms with van der Waals surface area (Å²) in [5, 5.41) is 7.03. The summed E-state index contributed by atoms with van der Waals surface area (Å²) >= 11 is 0. The SMILES string of the molecule is CC(C)(C)OC(=O)NC[C@H]1c2ccccc2C[C@H]1NC(=O)c1cc2ccccc2[nH]1. The summed E-state index contributed by atoms with van der Waals surface area (Å²) in [5.41, 5.74) is 3.25. The van der Waals surface area contributed by atoms with Crippen molar-refractivity contribution in [1.29, 1.82) is 0 Å². The summed E-state index contributed by atoms with van der Waals surface area (Å²) in [6.07, 6.45) is 0.274. The van der Waals surface area contributed by atoms with Crippen molar-refractivity contribution >= 4 is 22.9 Å². The Balaban J connectivity index is 1.49. The molecule has 0 saturated heterocycles. The molecular formula is C24H27N3O3. The van der Waals surface area contributed by atoms with Gasteiger partial charge < -0.3 is 20.4 Å². The van der Waals surface area contributed by atoms with Crippen LogP contribution in [0.1, 0.15) is 48.3 Å². The molecule has 30 heavy (non-hydrogen) atoms. The lowest BCUT2D eigenvalue weighted by molar-refractivity contribution is 0.0523. The van der Waals surface area contributed by atoms with Gasteiger partial charge in [0.15, 0.2) is 0 Å². The highest BCUT2D eigenvalue weighted by Crippen LogP contribution is 2.33. The van der Waals surface area contributed by atoms with Crippen LogP contribution in [-0.2, 0) is 11.2 Å². The number of para-hydroxylation sites is 1. The van der Waals surface area contributed by atoms with Gasteiger partial charge in [-0.05, 0) is 50.5 Å². The third-order valence-electron chi connectivity index (χ3n) is 5.34. The molecule has 0 aliphatic heterocycles. The Morgan fingerprint density at radius 1 is 1.10 bits per heavy atom. The van der Waals surface area contributed by atoms with E-state index in [-0.39, 0.29) is 17.9 Å². The fourth-order valence-electron chi connectivity index (χ4n) is 4.03. The fraction of sp³-hybridized carbons (Fsp3) is 0.333. The van der Waals surface area contributed by atoms with Gasteiger partial charge in [-0.15, -0.1) is 0 Å². The van der Waals surface area contributed by atoms with Crippen molar-refractivity contribution in [2.24, 2.45) is 0 Å². The second kappa shape index (κ2) is 7.86. The average molecular weight is 405 g/mol. The number of fused-ring (bicyclic) bond motifs is 2. The highest BCUT2D eigenvalue weighted by Gasteiger charge is 2.34. The smallest absolute Gasteiger partial charge is 0.407 e. The highest BCUT2D eigenvalue weighted by molar-refractivity contribution is 5.98. The van der Waals surface area contributed by atoms with Crippen molar-refractivity contribution in [2.45, 2.75) is 44.8 Å². The van der Waals surface area contributed by atoms with Crippen LogP contribution in [0.2, 0.25) is 0 Å². The average Bonchev–Trinajstić information content (AvgIpc) is 3.26. The van der Waals surface area contributed by atoms with E-state index in [2.05, 4.69) is 27.8 Å². The molecule has 2 aromatic carbocycles. The van der Waals surface area contributed by atoms with Crippen LogP contribution >= 0.6 is 0 Å². The first-order valence-corrected chi connectivity index (χ1v) is 10.2. The first-order valence-electron chi connectivity index (χ1n) is 10.2. The van der Waals surface area contributed by atoms with Gasteiger partial charge in [0, 0.05) is 29.4 Å². The predicted octanol–water partition coefficient (Wildman–Crippen LogP) is 4.13. The number of H-pyrrole nitrogens is 1. The van der Waals surface area contributed by atoms with E-state index in [0.717, 1.165) is 22.9 Å². The molecule has 1 aromatic heterocycles. The van der Waals surface area contributed by atoms with Gasteiger partial charge in [0.2, 0.25) is 0 Å². The predicted molar refractivity (Wildman–Crippen MR) is 117 cm³/mol. The van der Waals surface area contributed by atoms with Crippen LogP contribution in [0.25, 0.3) is 10.9 Å². The zero-order valence-electron chi connectivity index (χ0n) is 17.5. The molecule has 156 valence electrons. The molecule has 0 bridgehead atoms. The van der Waals surface area contributed by atoms with Gasteiger partial charge in [0.05, 0.1) is 0 Å². The van der Waals surface area contributed by atoms with Gasteiger partial charge in [-0.2, -0.15) is 0 Å². The maximum Gasteiger partial charge on any atom is 0.407 e. The van der Waals surface area contributed by atoms with E-state index in [0.29, 0.717) is 12.2 Å². The van der Waals surface area contributed by atoms with Crippen molar-refractivity contribution in [3.8, 4) is 0 Å². The Labute approximate surface area is 176 Å². The van der Waals surface area contributed by atoms with Crippen LogP contribution in [0, 0.1) is 0 Å². The molecule has 1 heterocycles. The minimum atomic E-state index is -0.555. The van der Waals surface area contributed by atoms with E-state index in [1.54, 1.807) is 0 Å². The number of hydrogen-bond acceptors (Lipinski definition) is 3. The molecule has 3 aromatic rings. The molecule has 4 rings (SSSR count). The molecule has 2 amide bonds. The number of carbonyl (C=O) groups is 2. The monoisotopic (exact) mass is 405 g/mol. The first-order chi connectivity index (χ1) is 14.3. The molecule has 1 aliphatic rings. The minimum Gasteiger partial charge on any atom is -0.444 e. The number of aromatic amines is 1. The second-order valence-corrected chi connectivity index (χ2v) is 8.74. The van der Waals surface area contributed by atoms with Gasteiger partial charge in [0.1, 0.15) is 11.3 Å². The maximum atomic E-state index is 12.9. The number of aromatic nitrogens is 1. The topological polar surface area (TPSA) is 83.2 Å². The van der Waals surface area contributed by atoms with Gasteiger partial charge in [0.25, 0.3) is 5.91 Å². The number of carbonyl (C=O) groups excluding carboxylic acids is 2. The van der Waals surface area contributed by atoms with Crippen LogP contribution in [0.3, 0.4) is 0 Å². The molecule has 0 fully saturated rings. The molecular weight excluding hydrogens is 378 g/mol. The van der Waals surface area contributed by atoms with E-state index >= 15 is 0 Å². The number of rotatable bonds is 4.